The maximum Gasteiger partial charge on any atom is 0.0218 e. The minimum atomic E-state index is 0.262. The van der Waals surface area contributed by atoms with Crippen molar-refractivity contribution >= 4 is 77.0 Å². The number of fused-ring (bicyclic) bond motifs is 12. The van der Waals surface area contributed by atoms with E-state index in [0.29, 0.717) is 23.7 Å². The van der Waals surface area contributed by atoms with Gasteiger partial charge in [-0.05, 0) is 212 Å². The minimum Gasteiger partial charge on any atom is -0.0836 e. The summed E-state index contributed by atoms with van der Waals surface area (Å²) in [5.41, 5.74) is 24.7. The molecule has 0 amide bonds. The first-order valence-electron chi connectivity index (χ1n) is 28.3. The molecular formula is C73H64. The van der Waals surface area contributed by atoms with Gasteiger partial charge in [-0.15, -0.1) is 0 Å². The number of benzene rings is 7. The van der Waals surface area contributed by atoms with Crippen LogP contribution in [0.2, 0.25) is 0 Å². The Morgan fingerprint density at radius 1 is 0.452 bits per heavy atom. The molecule has 73 heavy (non-hydrogen) atoms. The molecule has 356 valence electrons. The molecule has 0 bridgehead atoms. The molecule has 0 saturated heterocycles. The lowest BCUT2D eigenvalue weighted by molar-refractivity contribution is 0.651. The summed E-state index contributed by atoms with van der Waals surface area (Å²) in [5, 5.41) is 12.8. The highest BCUT2D eigenvalue weighted by atomic mass is 14.5. The third kappa shape index (κ3) is 6.32. The van der Waals surface area contributed by atoms with E-state index in [1.807, 2.05) is 0 Å². The van der Waals surface area contributed by atoms with E-state index in [1.165, 1.54) is 158 Å². The molecule has 0 heteroatoms. The van der Waals surface area contributed by atoms with Crippen LogP contribution in [0, 0.1) is 29.6 Å². The van der Waals surface area contributed by atoms with Gasteiger partial charge in [0.05, 0.1) is 0 Å². The van der Waals surface area contributed by atoms with Crippen molar-refractivity contribution in [3.8, 4) is 11.1 Å². The lowest BCUT2D eigenvalue weighted by atomic mass is 9.63. The second-order valence-electron chi connectivity index (χ2n) is 22.7. The molecule has 17 rings (SSSR count). The maximum atomic E-state index is 2.68. The molecule has 10 aliphatic carbocycles. The van der Waals surface area contributed by atoms with Crippen LogP contribution in [-0.2, 0) is 0 Å². The predicted octanol–water partition coefficient (Wildman–Crippen LogP) is 19.2. The highest BCUT2D eigenvalue weighted by Crippen LogP contribution is 2.65. The summed E-state index contributed by atoms with van der Waals surface area (Å²) in [7, 11) is 0. The lowest BCUT2D eigenvalue weighted by Crippen LogP contribution is -2.25. The molecule has 2 fully saturated rings. The number of hydrogen-bond acceptors (Lipinski definition) is 0. The van der Waals surface area contributed by atoms with Gasteiger partial charge >= 0.3 is 0 Å². The minimum absolute atomic E-state index is 0.262. The van der Waals surface area contributed by atoms with Crippen molar-refractivity contribution in [2.24, 2.45) is 29.6 Å². The van der Waals surface area contributed by atoms with Crippen LogP contribution in [0.5, 0.6) is 0 Å². The third-order valence-corrected chi connectivity index (χ3v) is 17.9. The number of hydrogen-bond donors (Lipinski definition) is 0. The SMILES string of the molecule is C1=CC(c2c3c(c(C4=CC5CC5C=C4)c4ccccc24)-c2ccc4c5c2C3=CCC=c5c2ccc3c5c(ccc4c52)C2=C(c4ccccc4)C4=CCCC=C4C(C4=CC5CC5C=C4)C23)=CCC1.CCC.CCC. The topological polar surface area (TPSA) is 0 Å². The van der Waals surface area contributed by atoms with E-state index in [9.17, 15) is 0 Å². The third-order valence-electron chi connectivity index (χ3n) is 17.9. The zero-order valence-electron chi connectivity index (χ0n) is 43.0. The summed E-state index contributed by atoms with van der Waals surface area (Å²) < 4.78 is 0. The zero-order chi connectivity index (χ0) is 48.6. The molecule has 0 N–H and O–H groups in total. The first-order valence-corrected chi connectivity index (χ1v) is 28.3. The molecule has 6 atom stereocenters. The molecule has 0 heterocycles. The normalized spacial score (nSPS) is 24.5. The van der Waals surface area contributed by atoms with E-state index >= 15 is 0 Å². The Balaban J connectivity index is 0.000000755. The van der Waals surface area contributed by atoms with Crippen LogP contribution in [0.15, 0.2) is 181 Å². The Labute approximate surface area is 431 Å². The predicted molar refractivity (Wildman–Crippen MR) is 314 cm³/mol. The smallest absolute Gasteiger partial charge is 0.0218 e. The van der Waals surface area contributed by atoms with Crippen LogP contribution in [0.1, 0.15) is 130 Å². The van der Waals surface area contributed by atoms with Crippen molar-refractivity contribution in [1.82, 2.24) is 0 Å². The average molecular weight is 941 g/mol. The van der Waals surface area contributed by atoms with Gasteiger partial charge in [0.15, 0.2) is 0 Å². The quantitative estimate of drug-likeness (QED) is 0.122. The standard InChI is InChI=1S/C67H48.2C3H8/c1-3-12-36(13-4-1)56-44-16-7-9-18-46(44)58(40-24-22-38-32-42(38)34-40)66-53-30-27-50-51-28-31-54-63-55(29-26-49(61(51)63)48-20-11-21-52(64(56)66)62(53)60(48)50)67-59(41-25-23-39-33-43(39)35-41)47-19-10-8-17-45(47)57(65(54)67)37-14-5-2-6-15-37;2*1-3-2/h2-3,5-7,9,12-31,34-35,38-39,42-43,59,67H,1,4,8,10-11,32-33H2;2*3H2,1-2H3. The van der Waals surface area contributed by atoms with Gasteiger partial charge in [0.2, 0.25) is 0 Å². The fourth-order valence-electron chi connectivity index (χ4n) is 14.9. The second-order valence-corrected chi connectivity index (χ2v) is 22.7. The summed E-state index contributed by atoms with van der Waals surface area (Å²) in [6.07, 6.45) is 43.4. The molecule has 0 nitrogen and oxygen atoms in total. The molecular weight excluding hydrogens is 877 g/mol. The zero-order valence-corrected chi connectivity index (χ0v) is 43.0. The van der Waals surface area contributed by atoms with Crippen molar-refractivity contribution in [2.45, 2.75) is 91.4 Å². The van der Waals surface area contributed by atoms with Crippen LogP contribution < -0.4 is 5.22 Å². The Kier molecular flexibility index (Phi) is 10.00. The van der Waals surface area contributed by atoms with Gasteiger partial charge in [0.25, 0.3) is 0 Å². The summed E-state index contributed by atoms with van der Waals surface area (Å²) in [6.45, 7) is 8.50. The van der Waals surface area contributed by atoms with Gasteiger partial charge < -0.3 is 0 Å². The number of rotatable bonds is 4. The van der Waals surface area contributed by atoms with E-state index in [0.717, 1.165) is 38.0 Å². The highest BCUT2D eigenvalue weighted by Gasteiger charge is 2.48. The van der Waals surface area contributed by atoms with Crippen molar-refractivity contribution in [2.75, 3.05) is 0 Å². The summed E-state index contributed by atoms with van der Waals surface area (Å²) >= 11 is 0. The largest absolute Gasteiger partial charge is 0.0836 e. The fourth-order valence-corrected chi connectivity index (χ4v) is 14.9. The Morgan fingerprint density at radius 3 is 1.89 bits per heavy atom. The number of allylic oxidation sites excluding steroid dienone is 19. The van der Waals surface area contributed by atoms with Gasteiger partial charge in [0.1, 0.15) is 0 Å². The average Bonchev–Trinajstić information content (AvgIpc) is 4.36. The van der Waals surface area contributed by atoms with E-state index in [4.69, 9.17) is 0 Å². The van der Waals surface area contributed by atoms with E-state index in [2.05, 4.69) is 198 Å². The van der Waals surface area contributed by atoms with Gasteiger partial charge in [-0.25, -0.2) is 0 Å². The molecule has 10 aliphatic rings. The Morgan fingerprint density at radius 2 is 1.14 bits per heavy atom. The first kappa shape index (κ1) is 43.6. The van der Waals surface area contributed by atoms with E-state index in [-0.39, 0.29) is 5.92 Å². The molecule has 7 aromatic carbocycles. The second kappa shape index (κ2) is 16.8. The van der Waals surface area contributed by atoms with Crippen LogP contribution in [0.25, 0.3) is 88.2 Å². The molecule has 7 aromatic rings. The summed E-state index contributed by atoms with van der Waals surface area (Å²) in [6, 6.07) is 36.0. The van der Waals surface area contributed by atoms with Crippen molar-refractivity contribution in [3.63, 3.8) is 0 Å². The van der Waals surface area contributed by atoms with Crippen molar-refractivity contribution in [1.29, 1.82) is 0 Å². The Bertz CT molecular complexity index is 3980. The summed E-state index contributed by atoms with van der Waals surface area (Å²) in [5.74, 6) is 3.40. The monoisotopic (exact) mass is 941 g/mol. The van der Waals surface area contributed by atoms with Crippen LogP contribution in [0.4, 0.5) is 0 Å². The van der Waals surface area contributed by atoms with Gasteiger partial charge in [0, 0.05) is 11.8 Å². The van der Waals surface area contributed by atoms with Crippen LogP contribution in [0.3, 0.4) is 0 Å². The lowest BCUT2D eigenvalue weighted by Gasteiger charge is -2.40. The van der Waals surface area contributed by atoms with E-state index < -0.39 is 0 Å². The van der Waals surface area contributed by atoms with E-state index in [1.54, 1.807) is 11.1 Å². The van der Waals surface area contributed by atoms with Gasteiger partial charge in [-0.1, -0.05) is 211 Å². The molecule has 0 radical (unpaired) electrons. The molecule has 2 saturated carbocycles. The maximum absolute atomic E-state index is 2.68. The van der Waals surface area contributed by atoms with Crippen molar-refractivity contribution in [3.05, 3.63) is 225 Å². The molecule has 6 unspecified atom stereocenters. The highest BCUT2D eigenvalue weighted by molar-refractivity contribution is 6.31. The first-order chi connectivity index (χ1) is 36.1. The molecule has 0 aliphatic heterocycles. The van der Waals surface area contributed by atoms with Crippen molar-refractivity contribution < 1.29 is 0 Å². The Hall–Kier alpha value is -7.02. The van der Waals surface area contributed by atoms with Gasteiger partial charge in [-0.3, -0.25) is 0 Å². The van der Waals surface area contributed by atoms with Crippen LogP contribution in [-0.4, -0.2) is 0 Å². The van der Waals surface area contributed by atoms with Crippen LogP contribution >= 0.6 is 0 Å². The summed E-state index contributed by atoms with van der Waals surface area (Å²) in [4.78, 5) is 0. The molecule has 0 spiro atoms. The van der Waals surface area contributed by atoms with Gasteiger partial charge in [-0.2, -0.15) is 0 Å². The molecule has 0 aromatic heterocycles. The fraction of sp³-hybridized carbons (Fsp3) is 0.260.